The predicted octanol–water partition coefficient (Wildman–Crippen LogP) is 4.25. The van der Waals surface area contributed by atoms with Crippen LogP contribution in [0, 0.1) is 5.92 Å². The van der Waals surface area contributed by atoms with Gasteiger partial charge in [-0.2, -0.15) is 5.10 Å². The highest BCUT2D eigenvalue weighted by Crippen LogP contribution is 2.37. The molecule has 0 bridgehead atoms. The van der Waals surface area contributed by atoms with Crippen LogP contribution in [0.25, 0.3) is 10.9 Å². The highest BCUT2D eigenvalue weighted by molar-refractivity contribution is 7.92. The van der Waals surface area contributed by atoms with Crippen molar-refractivity contribution in [2.75, 3.05) is 13.2 Å². The van der Waals surface area contributed by atoms with Crippen molar-refractivity contribution in [2.45, 2.75) is 54.7 Å². The fourth-order valence-electron chi connectivity index (χ4n) is 4.32. The summed E-state index contributed by atoms with van der Waals surface area (Å²) in [6.45, 7) is 1.39. The molecule has 0 radical (unpaired) electrons. The van der Waals surface area contributed by atoms with Gasteiger partial charge in [0, 0.05) is 24.8 Å². The Kier molecular flexibility index (Phi) is 6.09. The summed E-state index contributed by atoms with van der Waals surface area (Å²) in [4.78, 5) is 17.9. The number of carbonyl (C=O) groups excluding carboxylic acids is 1. The van der Waals surface area contributed by atoms with Gasteiger partial charge in [0.15, 0.2) is 15.6 Å². The number of rotatable bonds is 8. The Morgan fingerprint density at radius 2 is 2.03 bits per heavy atom. The minimum absolute atomic E-state index is 0.00177. The Morgan fingerprint density at radius 1 is 1.25 bits per heavy atom. The second kappa shape index (κ2) is 8.85. The van der Waals surface area contributed by atoms with Crippen molar-refractivity contribution in [1.82, 2.24) is 14.8 Å². The molecule has 0 amide bonds. The molecule has 170 valence electrons. The molecule has 1 aliphatic carbocycles. The van der Waals surface area contributed by atoms with Crippen LogP contribution in [0.1, 0.15) is 43.2 Å². The number of halogens is 1. The Hall–Kier alpha value is -1.81. The molecule has 1 unspecified atom stereocenters. The maximum atomic E-state index is 13.4. The number of carbonyl (C=O) groups is 1. The maximum absolute atomic E-state index is 13.4. The first-order chi connectivity index (χ1) is 15.4. The molecular weight excluding hydrogens is 470 g/mol. The van der Waals surface area contributed by atoms with Crippen molar-refractivity contribution in [3.8, 4) is 0 Å². The van der Waals surface area contributed by atoms with E-state index >= 15 is 0 Å². The van der Waals surface area contributed by atoms with Gasteiger partial charge < -0.3 is 4.74 Å². The molecule has 1 saturated heterocycles. The van der Waals surface area contributed by atoms with Gasteiger partial charge in [-0.05, 0) is 50.2 Å². The summed E-state index contributed by atoms with van der Waals surface area (Å²) >= 11 is 7.30. The van der Waals surface area contributed by atoms with Gasteiger partial charge in [0.05, 0.1) is 28.3 Å². The lowest BCUT2D eigenvalue weighted by Gasteiger charge is -2.26. The van der Waals surface area contributed by atoms with E-state index in [1.54, 1.807) is 35.3 Å². The number of nitrogens with zero attached hydrogens (tertiary/aromatic N) is 3. The predicted molar refractivity (Wildman–Crippen MR) is 123 cm³/mol. The number of Topliss-reactive ketones (excluding diaryl/α,β-unsaturated/α-hetero) is 1. The largest absolute Gasteiger partial charge is 0.381 e. The molecule has 2 aromatic heterocycles. The summed E-state index contributed by atoms with van der Waals surface area (Å²) in [6, 6.07) is 4.68. The Morgan fingerprint density at radius 3 is 2.72 bits per heavy atom. The summed E-state index contributed by atoms with van der Waals surface area (Å²) in [5.41, 5.74) is 0.591. The lowest BCUT2D eigenvalue weighted by atomic mass is 9.90. The third kappa shape index (κ3) is 4.48. The van der Waals surface area contributed by atoms with E-state index in [2.05, 4.69) is 10.1 Å². The fourth-order valence-corrected chi connectivity index (χ4v) is 7.14. The summed E-state index contributed by atoms with van der Waals surface area (Å²) in [5.74, 6) is 0.349. The van der Waals surface area contributed by atoms with Crippen LogP contribution in [0.15, 0.2) is 35.5 Å². The molecule has 5 rings (SSSR count). The number of sulfone groups is 1. The van der Waals surface area contributed by atoms with Crippen molar-refractivity contribution >= 4 is 49.5 Å². The Bertz CT molecular complexity index is 1240. The molecular formula is C22H24ClN3O4S2. The number of hydrogen-bond donors (Lipinski definition) is 0. The molecule has 32 heavy (non-hydrogen) atoms. The maximum Gasteiger partial charge on any atom is 0.181 e. The van der Waals surface area contributed by atoms with E-state index < -0.39 is 15.9 Å². The molecule has 1 aliphatic heterocycles. The van der Waals surface area contributed by atoms with Crippen molar-refractivity contribution < 1.29 is 17.9 Å². The van der Waals surface area contributed by atoms with E-state index in [1.807, 2.05) is 0 Å². The van der Waals surface area contributed by atoms with E-state index in [1.165, 1.54) is 11.3 Å². The first-order valence-corrected chi connectivity index (χ1v) is 13.6. The molecule has 1 atom stereocenters. The first kappa shape index (κ1) is 22.0. The number of fused-ring (bicyclic) bond motifs is 1. The van der Waals surface area contributed by atoms with E-state index in [4.69, 9.17) is 16.3 Å². The molecule has 3 aromatic rings. The third-order valence-corrected chi connectivity index (χ3v) is 9.67. The van der Waals surface area contributed by atoms with Crippen LogP contribution >= 0.6 is 22.9 Å². The van der Waals surface area contributed by atoms with Crippen molar-refractivity contribution in [2.24, 2.45) is 5.92 Å². The van der Waals surface area contributed by atoms with Crippen molar-refractivity contribution in [1.29, 1.82) is 0 Å². The van der Waals surface area contributed by atoms with Crippen molar-refractivity contribution in [3.05, 3.63) is 39.9 Å². The second-order valence-electron chi connectivity index (χ2n) is 8.55. The minimum Gasteiger partial charge on any atom is -0.381 e. The van der Waals surface area contributed by atoms with Gasteiger partial charge in [0.2, 0.25) is 0 Å². The highest BCUT2D eigenvalue weighted by Gasteiger charge is 2.38. The van der Waals surface area contributed by atoms with E-state index in [0.29, 0.717) is 63.5 Å². The van der Waals surface area contributed by atoms with E-state index in [-0.39, 0.29) is 17.5 Å². The van der Waals surface area contributed by atoms with Crippen molar-refractivity contribution in [3.63, 3.8) is 0 Å². The van der Waals surface area contributed by atoms with E-state index in [0.717, 1.165) is 12.8 Å². The summed E-state index contributed by atoms with van der Waals surface area (Å²) < 4.78 is 33.6. The molecule has 1 aromatic carbocycles. The van der Waals surface area contributed by atoms with Gasteiger partial charge >= 0.3 is 0 Å². The summed E-state index contributed by atoms with van der Waals surface area (Å²) in [7, 11) is -3.38. The average Bonchev–Trinajstić information content (AvgIpc) is 3.44. The number of aromatic nitrogens is 3. The minimum atomic E-state index is -3.38. The first-order valence-electron chi connectivity index (χ1n) is 10.8. The monoisotopic (exact) mass is 493 g/mol. The fraction of sp³-hybridized carbons (Fsp3) is 0.500. The topological polar surface area (TPSA) is 91.1 Å². The van der Waals surface area contributed by atoms with Crippen LogP contribution in [0.3, 0.4) is 0 Å². The van der Waals surface area contributed by atoms with Crippen LogP contribution in [-0.4, -0.2) is 47.4 Å². The number of hydrogen-bond acceptors (Lipinski definition) is 7. The van der Waals surface area contributed by atoms with Crippen LogP contribution in [0.2, 0.25) is 4.34 Å². The third-order valence-electron chi connectivity index (χ3n) is 6.24. The molecule has 3 heterocycles. The highest BCUT2D eigenvalue weighted by atomic mass is 35.5. The summed E-state index contributed by atoms with van der Waals surface area (Å²) in [5, 5.41) is 5.61. The van der Waals surface area contributed by atoms with Crippen LogP contribution in [-0.2, 0) is 25.8 Å². The number of thiazole rings is 1. The number of benzene rings is 1. The zero-order valence-electron chi connectivity index (χ0n) is 17.4. The zero-order valence-corrected chi connectivity index (χ0v) is 19.8. The number of ether oxygens (including phenoxy) is 1. The molecule has 2 aliphatic rings. The van der Waals surface area contributed by atoms with Gasteiger partial charge in [0.1, 0.15) is 15.4 Å². The normalized spacial score (nSPS) is 18.8. The molecule has 10 heteroatoms. The zero-order chi connectivity index (χ0) is 22.3. The van der Waals surface area contributed by atoms with Gasteiger partial charge in [-0.1, -0.05) is 17.7 Å². The van der Waals surface area contributed by atoms with E-state index in [9.17, 15) is 13.2 Å². The molecule has 7 nitrogen and oxygen atoms in total. The van der Waals surface area contributed by atoms with Gasteiger partial charge in [0.25, 0.3) is 0 Å². The molecule has 0 N–H and O–H groups in total. The molecule has 2 fully saturated rings. The quantitative estimate of drug-likeness (QED) is 0.466. The van der Waals surface area contributed by atoms with Gasteiger partial charge in [-0.25, -0.2) is 13.4 Å². The lowest BCUT2D eigenvalue weighted by molar-refractivity contribution is -0.122. The second-order valence-corrected chi connectivity index (χ2v) is 12.5. The summed E-state index contributed by atoms with van der Waals surface area (Å²) in [6.07, 6.45) is 7.31. The lowest BCUT2D eigenvalue weighted by Crippen LogP contribution is -2.27. The van der Waals surface area contributed by atoms with Crippen LogP contribution in [0.5, 0.6) is 0 Å². The van der Waals surface area contributed by atoms with Gasteiger partial charge in [-0.3, -0.25) is 9.48 Å². The average molecular weight is 494 g/mol. The number of ketones is 1. The standard InChI is InChI=1S/C22H24ClN3O4S2/c23-21-12-24-22(31-21)11-19(27)18(10-14-6-8-30-9-7-14)26-13-16-17(25-26)2-1-3-20(16)32(28,29)15-4-5-15/h1-3,12-15,18H,4-11H2. The molecule has 0 spiro atoms. The SMILES string of the molecule is O=C(Cc1ncc(Cl)s1)C(CC1CCOCC1)n1cc2c(S(=O)(=O)C3CC3)cccc2n1. The van der Waals surface area contributed by atoms with Gasteiger partial charge in [-0.15, -0.1) is 11.3 Å². The van der Waals surface area contributed by atoms with Crippen LogP contribution in [0.4, 0.5) is 0 Å². The smallest absolute Gasteiger partial charge is 0.181 e. The van der Waals surface area contributed by atoms with Crippen LogP contribution < -0.4 is 0 Å². The molecule has 1 saturated carbocycles. The Labute approximate surface area is 195 Å². The Balaban J connectivity index is 1.50.